The van der Waals surface area contributed by atoms with Gasteiger partial charge in [-0.05, 0) is 25.7 Å². The monoisotopic (exact) mass is 201 g/mol. The van der Waals surface area contributed by atoms with Crippen LogP contribution in [-0.4, -0.2) is 36.0 Å². The van der Waals surface area contributed by atoms with Gasteiger partial charge in [-0.3, -0.25) is 0 Å². The Bertz CT molecular complexity index is 137. The average molecular weight is 201 g/mol. The molecule has 0 amide bonds. The number of nitrogens with one attached hydrogen (secondary N) is 1. The molecule has 0 saturated heterocycles. The van der Waals surface area contributed by atoms with E-state index in [1.165, 1.54) is 0 Å². The van der Waals surface area contributed by atoms with E-state index < -0.39 is 0 Å². The van der Waals surface area contributed by atoms with Crippen molar-refractivity contribution in [1.29, 1.82) is 0 Å². The van der Waals surface area contributed by atoms with Gasteiger partial charge in [-0.1, -0.05) is 19.1 Å². The Morgan fingerprint density at radius 3 is 2.79 bits per heavy atom. The zero-order valence-electron chi connectivity index (χ0n) is 9.08. The molecule has 0 aromatic heterocycles. The fraction of sp³-hybridized carbons (Fsp3) is 0.818. The van der Waals surface area contributed by atoms with E-state index >= 15 is 0 Å². The van der Waals surface area contributed by atoms with Gasteiger partial charge >= 0.3 is 0 Å². The summed E-state index contributed by atoms with van der Waals surface area (Å²) in [6.45, 7) is 3.39. The Hall–Kier alpha value is -0.380. The Labute approximate surface area is 86.8 Å². The topological polar surface area (TPSA) is 52.5 Å². The minimum atomic E-state index is -0.281. The molecule has 3 nitrogen and oxygen atoms in total. The molecule has 0 spiro atoms. The molecule has 14 heavy (non-hydrogen) atoms. The highest BCUT2D eigenvalue weighted by Gasteiger charge is 2.01. The highest BCUT2D eigenvalue weighted by atomic mass is 16.3. The van der Waals surface area contributed by atoms with E-state index in [4.69, 9.17) is 5.11 Å². The van der Waals surface area contributed by atoms with Crippen LogP contribution in [0, 0.1) is 0 Å². The fourth-order valence-corrected chi connectivity index (χ4v) is 1.21. The summed E-state index contributed by atoms with van der Waals surface area (Å²) in [7, 11) is 0. The van der Waals surface area contributed by atoms with Crippen LogP contribution in [0.1, 0.15) is 32.6 Å². The zero-order valence-corrected chi connectivity index (χ0v) is 9.08. The quantitative estimate of drug-likeness (QED) is 0.386. The van der Waals surface area contributed by atoms with Gasteiger partial charge in [-0.25, -0.2) is 0 Å². The third kappa shape index (κ3) is 9.71. The van der Waals surface area contributed by atoms with E-state index in [0.717, 1.165) is 25.7 Å². The van der Waals surface area contributed by atoms with E-state index in [9.17, 15) is 5.11 Å². The van der Waals surface area contributed by atoms with Crippen molar-refractivity contribution in [2.24, 2.45) is 0 Å². The van der Waals surface area contributed by atoms with Crippen LogP contribution < -0.4 is 5.32 Å². The molecule has 0 rings (SSSR count). The van der Waals surface area contributed by atoms with Crippen molar-refractivity contribution < 1.29 is 10.2 Å². The first-order chi connectivity index (χ1) is 6.81. The molecule has 84 valence electrons. The maximum Gasteiger partial charge on any atom is 0.0664 e. The molecule has 0 bridgehead atoms. The molecule has 0 heterocycles. The second kappa shape index (κ2) is 10.7. The van der Waals surface area contributed by atoms with Crippen LogP contribution in [0.25, 0.3) is 0 Å². The normalized spacial score (nSPS) is 13.6. The molecule has 1 atom stereocenters. The average Bonchev–Trinajstić information content (AvgIpc) is 2.18. The summed E-state index contributed by atoms with van der Waals surface area (Å²) < 4.78 is 0. The van der Waals surface area contributed by atoms with Crippen molar-refractivity contribution in [3.8, 4) is 0 Å². The molecule has 0 radical (unpaired) electrons. The predicted octanol–water partition coefficient (Wildman–Crippen LogP) is 1.07. The van der Waals surface area contributed by atoms with Crippen LogP contribution >= 0.6 is 0 Å². The van der Waals surface area contributed by atoms with Gasteiger partial charge in [0, 0.05) is 13.1 Å². The standard InChI is InChI=1S/C11H23NO2/c1-2-3-4-5-6-7-11(14)10-12-8-9-13/h3-4,11-14H,2,5-10H2,1H3/b4-3+. The highest BCUT2D eigenvalue weighted by Crippen LogP contribution is 2.01. The van der Waals surface area contributed by atoms with Gasteiger partial charge < -0.3 is 15.5 Å². The van der Waals surface area contributed by atoms with Gasteiger partial charge in [0.05, 0.1) is 12.7 Å². The molecular formula is C11H23NO2. The lowest BCUT2D eigenvalue weighted by molar-refractivity contribution is 0.156. The van der Waals surface area contributed by atoms with Gasteiger partial charge in [-0.2, -0.15) is 0 Å². The Morgan fingerprint density at radius 1 is 1.36 bits per heavy atom. The first-order valence-corrected chi connectivity index (χ1v) is 5.45. The summed E-state index contributed by atoms with van der Waals surface area (Å²) in [5.74, 6) is 0. The molecule has 0 aliphatic rings. The number of unbranched alkanes of at least 4 members (excludes halogenated alkanes) is 1. The molecule has 0 aromatic carbocycles. The third-order valence-electron chi connectivity index (χ3n) is 1.98. The number of hydrogen-bond acceptors (Lipinski definition) is 3. The van der Waals surface area contributed by atoms with E-state index in [-0.39, 0.29) is 12.7 Å². The van der Waals surface area contributed by atoms with Crippen LogP contribution in [0.15, 0.2) is 12.2 Å². The van der Waals surface area contributed by atoms with Crippen LogP contribution in [0.3, 0.4) is 0 Å². The first kappa shape index (κ1) is 13.6. The van der Waals surface area contributed by atoms with Crippen molar-refractivity contribution in [3.63, 3.8) is 0 Å². The number of aliphatic hydroxyl groups is 2. The molecule has 3 N–H and O–H groups in total. The minimum absolute atomic E-state index is 0.131. The van der Waals surface area contributed by atoms with E-state index in [1.807, 2.05) is 0 Å². The van der Waals surface area contributed by atoms with Crippen molar-refractivity contribution in [3.05, 3.63) is 12.2 Å². The summed E-state index contributed by atoms with van der Waals surface area (Å²) in [6.07, 6.45) is 8.01. The third-order valence-corrected chi connectivity index (χ3v) is 1.98. The van der Waals surface area contributed by atoms with Gasteiger partial charge in [0.25, 0.3) is 0 Å². The van der Waals surface area contributed by atoms with Gasteiger partial charge in [-0.15, -0.1) is 0 Å². The largest absolute Gasteiger partial charge is 0.395 e. The summed E-state index contributed by atoms with van der Waals surface area (Å²) in [6, 6.07) is 0. The number of allylic oxidation sites excluding steroid dienone is 2. The second-order valence-electron chi connectivity index (χ2n) is 3.39. The van der Waals surface area contributed by atoms with Gasteiger partial charge in [0.2, 0.25) is 0 Å². The first-order valence-electron chi connectivity index (χ1n) is 5.45. The number of aliphatic hydroxyl groups excluding tert-OH is 2. The zero-order chi connectivity index (χ0) is 10.6. The molecule has 0 aromatic rings. The van der Waals surface area contributed by atoms with E-state index in [1.54, 1.807) is 0 Å². The molecule has 0 aliphatic carbocycles. The SMILES string of the molecule is CC/C=C/CCCC(O)CNCCO. The van der Waals surface area contributed by atoms with Gasteiger partial charge in [0.1, 0.15) is 0 Å². The fourth-order valence-electron chi connectivity index (χ4n) is 1.21. The molecule has 1 unspecified atom stereocenters. The Kier molecular flexibility index (Phi) is 10.4. The predicted molar refractivity (Wildman–Crippen MR) is 59.2 cm³/mol. The van der Waals surface area contributed by atoms with E-state index in [2.05, 4.69) is 24.4 Å². The lowest BCUT2D eigenvalue weighted by Gasteiger charge is -2.09. The summed E-state index contributed by atoms with van der Waals surface area (Å²) in [5.41, 5.74) is 0. The molecule has 0 fully saturated rings. The van der Waals surface area contributed by atoms with Crippen molar-refractivity contribution in [2.75, 3.05) is 19.7 Å². The Morgan fingerprint density at radius 2 is 2.14 bits per heavy atom. The van der Waals surface area contributed by atoms with Crippen LogP contribution in [-0.2, 0) is 0 Å². The lowest BCUT2D eigenvalue weighted by Crippen LogP contribution is -2.28. The summed E-state index contributed by atoms with van der Waals surface area (Å²) in [5, 5.41) is 20.9. The summed E-state index contributed by atoms with van der Waals surface area (Å²) >= 11 is 0. The maximum atomic E-state index is 9.46. The smallest absolute Gasteiger partial charge is 0.0664 e. The van der Waals surface area contributed by atoms with E-state index in [0.29, 0.717) is 13.1 Å². The second-order valence-corrected chi connectivity index (χ2v) is 3.39. The molecule has 0 aliphatic heterocycles. The van der Waals surface area contributed by atoms with Gasteiger partial charge in [0.15, 0.2) is 0 Å². The maximum absolute atomic E-state index is 9.46. The van der Waals surface area contributed by atoms with Crippen LogP contribution in [0.5, 0.6) is 0 Å². The van der Waals surface area contributed by atoms with Crippen LogP contribution in [0.4, 0.5) is 0 Å². The van der Waals surface area contributed by atoms with Crippen molar-refractivity contribution >= 4 is 0 Å². The molecule has 3 heteroatoms. The molecular weight excluding hydrogens is 178 g/mol. The van der Waals surface area contributed by atoms with Crippen LogP contribution in [0.2, 0.25) is 0 Å². The highest BCUT2D eigenvalue weighted by molar-refractivity contribution is 4.80. The minimum Gasteiger partial charge on any atom is -0.395 e. The number of rotatable bonds is 9. The number of hydrogen-bond donors (Lipinski definition) is 3. The van der Waals surface area contributed by atoms with Crippen molar-refractivity contribution in [1.82, 2.24) is 5.32 Å². The summed E-state index contributed by atoms with van der Waals surface area (Å²) in [4.78, 5) is 0. The lowest BCUT2D eigenvalue weighted by atomic mass is 10.1. The van der Waals surface area contributed by atoms with Crippen molar-refractivity contribution in [2.45, 2.75) is 38.7 Å². The molecule has 0 saturated carbocycles. The Balaban J connectivity index is 3.17.